The van der Waals surface area contributed by atoms with E-state index >= 15 is 0 Å². The zero-order valence-corrected chi connectivity index (χ0v) is 13.0. The summed E-state index contributed by atoms with van der Waals surface area (Å²) in [6.07, 6.45) is -3.92. The highest BCUT2D eigenvalue weighted by atomic mass is 19.4. The average molecular weight is 324 g/mol. The van der Waals surface area contributed by atoms with Gasteiger partial charge < -0.3 is 15.4 Å². The Morgan fingerprint density at radius 3 is 2.00 bits per heavy atom. The van der Waals surface area contributed by atoms with Crippen LogP contribution in [0.4, 0.5) is 18.0 Å². The van der Waals surface area contributed by atoms with Crippen molar-refractivity contribution in [1.29, 1.82) is 0 Å². The van der Waals surface area contributed by atoms with E-state index in [4.69, 9.17) is 4.74 Å². The zero-order valence-electron chi connectivity index (χ0n) is 13.0. The lowest BCUT2D eigenvalue weighted by Gasteiger charge is -2.33. The van der Waals surface area contributed by atoms with Gasteiger partial charge in [-0.3, -0.25) is 4.79 Å². The molecule has 0 radical (unpaired) electrons. The molecular weight excluding hydrogens is 301 g/mol. The highest BCUT2D eigenvalue weighted by Gasteiger charge is 2.34. The number of hydrogen-bond acceptors (Lipinski definition) is 3. The highest BCUT2D eigenvalue weighted by molar-refractivity contribution is 5.77. The SMILES string of the molecule is CC(C)(C)OC(=O)N[C@@H]1CCCC[C@@H]1NC(=O)CC(F)(F)F. The van der Waals surface area contributed by atoms with Gasteiger partial charge in [-0.05, 0) is 33.6 Å². The second kappa shape index (κ2) is 7.19. The summed E-state index contributed by atoms with van der Waals surface area (Å²) in [5.74, 6) is -1.07. The van der Waals surface area contributed by atoms with E-state index in [0.29, 0.717) is 12.8 Å². The number of halogens is 3. The summed E-state index contributed by atoms with van der Waals surface area (Å²) < 4.78 is 41.7. The zero-order chi connectivity index (χ0) is 17.0. The lowest BCUT2D eigenvalue weighted by Crippen LogP contribution is -2.54. The van der Waals surface area contributed by atoms with Crippen LogP contribution in [0.5, 0.6) is 0 Å². The molecule has 1 aliphatic rings. The number of carbonyl (C=O) groups is 2. The molecule has 0 bridgehead atoms. The van der Waals surface area contributed by atoms with Crippen LogP contribution in [0.3, 0.4) is 0 Å². The Hall–Kier alpha value is -1.47. The normalized spacial score (nSPS) is 22.8. The van der Waals surface area contributed by atoms with E-state index in [0.717, 1.165) is 12.8 Å². The molecule has 0 heterocycles. The van der Waals surface area contributed by atoms with Gasteiger partial charge in [0.05, 0.1) is 6.04 Å². The molecule has 8 heteroatoms. The van der Waals surface area contributed by atoms with Crippen molar-refractivity contribution < 1.29 is 27.5 Å². The third kappa shape index (κ3) is 7.51. The molecule has 1 rings (SSSR count). The van der Waals surface area contributed by atoms with Gasteiger partial charge in [0, 0.05) is 6.04 Å². The lowest BCUT2D eigenvalue weighted by molar-refractivity contribution is -0.154. The molecule has 2 amide bonds. The van der Waals surface area contributed by atoms with Crippen molar-refractivity contribution in [3.05, 3.63) is 0 Å². The van der Waals surface area contributed by atoms with Crippen LogP contribution in [0.25, 0.3) is 0 Å². The molecule has 1 fully saturated rings. The first kappa shape index (κ1) is 18.6. The molecule has 1 aliphatic carbocycles. The molecule has 1 saturated carbocycles. The predicted molar refractivity (Wildman–Crippen MR) is 74.2 cm³/mol. The van der Waals surface area contributed by atoms with Gasteiger partial charge in [-0.15, -0.1) is 0 Å². The van der Waals surface area contributed by atoms with Crippen LogP contribution in [0, 0.1) is 0 Å². The Bertz CT molecular complexity index is 367. The maximum atomic E-state index is 12.2. The number of alkyl halides is 3. The fraction of sp³-hybridized carbons (Fsp3) is 0.857. The number of rotatable bonds is 3. The third-order valence-electron chi connectivity index (χ3n) is 3.18. The summed E-state index contributed by atoms with van der Waals surface area (Å²) >= 11 is 0. The molecule has 2 atom stereocenters. The van der Waals surface area contributed by atoms with Crippen molar-refractivity contribution in [1.82, 2.24) is 10.6 Å². The lowest BCUT2D eigenvalue weighted by atomic mass is 9.90. The Kier molecular flexibility index (Phi) is 6.08. The van der Waals surface area contributed by atoms with Crippen molar-refractivity contribution >= 4 is 12.0 Å². The monoisotopic (exact) mass is 324 g/mol. The highest BCUT2D eigenvalue weighted by Crippen LogP contribution is 2.22. The molecule has 22 heavy (non-hydrogen) atoms. The molecule has 0 aromatic heterocycles. The van der Waals surface area contributed by atoms with Gasteiger partial charge in [0.25, 0.3) is 0 Å². The molecule has 0 aliphatic heterocycles. The average Bonchev–Trinajstić information content (AvgIpc) is 2.26. The summed E-state index contributed by atoms with van der Waals surface area (Å²) in [6, 6.07) is -0.920. The molecule has 0 spiro atoms. The molecule has 0 aromatic carbocycles. The minimum absolute atomic E-state index is 0.416. The van der Waals surface area contributed by atoms with Gasteiger partial charge in [-0.25, -0.2) is 4.79 Å². The van der Waals surface area contributed by atoms with Crippen molar-refractivity contribution in [3.8, 4) is 0 Å². The largest absolute Gasteiger partial charge is 0.444 e. The smallest absolute Gasteiger partial charge is 0.407 e. The summed E-state index contributed by atoms with van der Waals surface area (Å²) in [5.41, 5.74) is -0.659. The van der Waals surface area contributed by atoms with Crippen molar-refractivity contribution in [2.75, 3.05) is 0 Å². The van der Waals surface area contributed by atoms with Crippen LogP contribution in [0.1, 0.15) is 52.9 Å². The quantitative estimate of drug-likeness (QED) is 0.839. The summed E-state index contributed by atoms with van der Waals surface area (Å²) in [7, 11) is 0. The minimum atomic E-state index is -4.53. The maximum absolute atomic E-state index is 12.2. The van der Waals surface area contributed by atoms with Gasteiger partial charge in [0.2, 0.25) is 5.91 Å². The summed E-state index contributed by atoms with van der Waals surface area (Å²) in [6.45, 7) is 5.15. The Balaban J connectivity index is 2.56. The van der Waals surface area contributed by atoms with E-state index in [9.17, 15) is 22.8 Å². The van der Waals surface area contributed by atoms with E-state index in [1.54, 1.807) is 20.8 Å². The van der Waals surface area contributed by atoms with Crippen molar-refractivity contribution in [2.24, 2.45) is 0 Å². The molecule has 0 unspecified atom stereocenters. The van der Waals surface area contributed by atoms with Crippen LogP contribution in [-0.4, -0.2) is 35.9 Å². The van der Waals surface area contributed by atoms with Gasteiger partial charge in [-0.1, -0.05) is 12.8 Å². The van der Waals surface area contributed by atoms with Gasteiger partial charge in [-0.2, -0.15) is 13.2 Å². The molecule has 0 saturated heterocycles. The van der Waals surface area contributed by atoms with Gasteiger partial charge in [0.15, 0.2) is 0 Å². The third-order valence-corrected chi connectivity index (χ3v) is 3.18. The Morgan fingerprint density at radius 1 is 1.05 bits per heavy atom. The molecule has 128 valence electrons. The molecular formula is C14H23F3N2O3. The fourth-order valence-electron chi connectivity index (χ4n) is 2.38. The fourth-order valence-corrected chi connectivity index (χ4v) is 2.38. The number of amides is 2. The standard InChI is InChI=1S/C14H23F3N2O3/c1-13(2,3)22-12(21)19-10-7-5-4-6-9(10)18-11(20)8-14(15,16)17/h9-10H,4-8H2,1-3H3,(H,18,20)(H,19,21)/t9-,10+/m0/s1. The van der Waals surface area contributed by atoms with Crippen molar-refractivity contribution in [2.45, 2.75) is 76.7 Å². The van der Waals surface area contributed by atoms with Gasteiger partial charge >= 0.3 is 12.3 Å². The van der Waals surface area contributed by atoms with E-state index < -0.39 is 42.3 Å². The number of hydrogen-bond donors (Lipinski definition) is 2. The first-order valence-corrected chi connectivity index (χ1v) is 7.32. The van der Waals surface area contributed by atoms with Crippen LogP contribution in [-0.2, 0) is 9.53 Å². The number of ether oxygens (including phenoxy) is 1. The molecule has 0 aromatic rings. The van der Waals surface area contributed by atoms with E-state index in [1.165, 1.54) is 0 Å². The van der Waals surface area contributed by atoms with Crippen LogP contribution in [0.2, 0.25) is 0 Å². The Labute approximate surface area is 128 Å². The number of nitrogens with one attached hydrogen (secondary N) is 2. The van der Waals surface area contributed by atoms with Crippen LogP contribution in [0.15, 0.2) is 0 Å². The summed E-state index contributed by atoms with van der Waals surface area (Å²) in [5, 5.41) is 5.00. The number of carbonyl (C=O) groups excluding carboxylic acids is 2. The van der Waals surface area contributed by atoms with Gasteiger partial charge in [0.1, 0.15) is 12.0 Å². The van der Waals surface area contributed by atoms with E-state index in [2.05, 4.69) is 10.6 Å². The number of alkyl carbamates (subject to hydrolysis) is 1. The van der Waals surface area contributed by atoms with Crippen molar-refractivity contribution in [3.63, 3.8) is 0 Å². The molecule has 2 N–H and O–H groups in total. The first-order valence-electron chi connectivity index (χ1n) is 7.32. The van der Waals surface area contributed by atoms with Crippen LogP contribution < -0.4 is 10.6 Å². The predicted octanol–water partition coefficient (Wildman–Crippen LogP) is 2.89. The first-order chi connectivity index (χ1) is 9.96. The molecule has 5 nitrogen and oxygen atoms in total. The maximum Gasteiger partial charge on any atom is 0.407 e. The second-order valence-electron chi connectivity index (χ2n) is 6.50. The topological polar surface area (TPSA) is 67.4 Å². The Morgan fingerprint density at radius 2 is 1.55 bits per heavy atom. The van der Waals surface area contributed by atoms with Crippen LogP contribution >= 0.6 is 0 Å². The second-order valence-corrected chi connectivity index (χ2v) is 6.50. The summed E-state index contributed by atoms with van der Waals surface area (Å²) in [4.78, 5) is 23.2. The minimum Gasteiger partial charge on any atom is -0.444 e. The van der Waals surface area contributed by atoms with E-state index in [-0.39, 0.29) is 0 Å². The van der Waals surface area contributed by atoms with E-state index in [1.807, 2.05) is 0 Å².